The molecule has 2 N–H and O–H groups in total. The minimum Gasteiger partial charge on any atom is -0.497 e. The quantitative estimate of drug-likeness (QED) is 0.430. The third kappa shape index (κ3) is 4.75. The van der Waals surface area contributed by atoms with Gasteiger partial charge in [-0.3, -0.25) is 0 Å². The number of benzene rings is 3. The second-order valence-corrected chi connectivity index (χ2v) is 8.29. The van der Waals surface area contributed by atoms with Gasteiger partial charge < -0.3 is 25.0 Å². The molecule has 34 heavy (non-hydrogen) atoms. The molecule has 1 aliphatic heterocycles. The molecule has 7 heteroatoms. The average Bonchev–Trinajstić information content (AvgIpc) is 2.91. The summed E-state index contributed by atoms with van der Waals surface area (Å²) in [6.45, 7) is 4.49. The Morgan fingerprint density at radius 1 is 0.941 bits per heavy atom. The molecule has 0 atom stereocenters. The van der Waals surface area contributed by atoms with Crippen molar-refractivity contribution in [3.63, 3.8) is 0 Å². The predicted octanol–water partition coefficient (Wildman–Crippen LogP) is 4.34. The molecular weight excluding hydrogens is 426 g/mol. The van der Waals surface area contributed by atoms with E-state index in [-0.39, 0.29) is 0 Å². The Labute approximate surface area is 199 Å². The molecule has 5 rings (SSSR count). The number of hydrogen-bond donors (Lipinski definition) is 2. The van der Waals surface area contributed by atoms with Crippen LogP contribution in [0.3, 0.4) is 0 Å². The lowest BCUT2D eigenvalue weighted by atomic mass is 10.0. The second-order valence-electron chi connectivity index (χ2n) is 8.29. The number of fused-ring (bicyclic) bond motifs is 1. The second kappa shape index (κ2) is 9.97. The Bertz CT molecular complexity index is 1290. The molecular formula is C27H29N5O2. The number of aromatic nitrogens is 2. The van der Waals surface area contributed by atoms with Gasteiger partial charge in [0.1, 0.15) is 11.5 Å². The van der Waals surface area contributed by atoms with E-state index in [1.165, 1.54) is 11.1 Å². The molecule has 4 aromatic rings. The fraction of sp³-hybridized carbons (Fsp3) is 0.259. The van der Waals surface area contributed by atoms with E-state index < -0.39 is 0 Å². The average molecular weight is 456 g/mol. The summed E-state index contributed by atoms with van der Waals surface area (Å²) in [5, 5.41) is 9.13. The lowest BCUT2D eigenvalue weighted by Gasteiger charge is -2.31. The molecule has 0 amide bonds. The van der Waals surface area contributed by atoms with Gasteiger partial charge in [-0.05, 0) is 53.4 Å². The predicted molar refractivity (Wildman–Crippen MR) is 137 cm³/mol. The first-order valence-electron chi connectivity index (χ1n) is 11.5. The fourth-order valence-electron chi connectivity index (χ4n) is 4.33. The van der Waals surface area contributed by atoms with Crippen LogP contribution in [0.5, 0.6) is 11.5 Å². The van der Waals surface area contributed by atoms with Crippen LogP contribution in [0.4, 0.5) is 11.6 Å². The van der Waals surface area contributed by atoms with Gasteiger partial charge in [-0.25, -0.2) is 9.97 Å². The van der Waals surface area contributed by atoms with Crippen LogP contribution in [0, 0.1) is 0 Å². The topological polar surface area (TPSA) is 71.5 Å². The molecule has 1 saturated heterocycles. The first kappa shape index (κ1) is 22.0. The molecule has 0 spiro atoms. The first-order valence-corrected chi connectivity index (χ1v) is 11.5. The van der Waals surface area contributed by atoms with Crippen molar-refractivity contribution in [2.45, 2.75) is 6.54 Å². The zero-order valence-corrected chi connectivity index (χ0v) is 19.5. The summed E-state index contributed by atoms with van der Waals surface area (Å²) in [4.78, 5) is 11.7. The van der Waals surface area contributed by atoms with E-state index in [2.05, 4.69) is 50.8 Å². The number of nitrogens with one attached hydrogen (secondary N) is 2. The zero-order chi connectivity index (χ0) is 23.3. The van der Waals surface area contributed by atoms with Crippen molar-refractivity contribution in [1.29, 1.82) is 0 Å². The Balaban J connectivity index is 1.47. The van der Waals surface area contributed by atoms with Crippen LogP contribution >= 0.6 is 0 Å². The molecule has 1 aromatic heterocycles. The fourth-order valence-corrected chi connectivity index (χ4v) is 4.33. The molecule has 0 aliphatic carbocycles. The van der Waals surface area contributed by atoms with E-state index in [9.17, 15) is 0 Å². The summed E-state index contributed by atoms with van der Waals surface area (Å²) in [5.74, 6) is 2.30. The number of anilines is 2. The number of ether oxygens (including phenoxy) is 2. The normalized spacial score (nSPS) is 13.6. The third-order valence-electron chi connectivity index (χ3n) is 6.13. The molecule has 1 aliphatic rings. The zero-order valence-electron chi connectivity index (χ0n) is 19.5. The van der Waals surface area contributed by atoms with Crippen molar-refractivity contribution >= 4 is 22.4 Å². The van der Waals surface area contributed by atoms with Gasteiger partial charge in [0, 0.05) is 55.6 Å². The van der Waals surface area contributed by atoms with Crippen LogP contribution < -0.4 is 25.0 Å². The van der Waals surface area contributed by atoms with E-state index in [1.54, 1.807) is 20.4 Å². The first-order chi connectivity index (χ1) is 16.7. The van der Waals surface area contributed by atoms with Crippen molar-refractivity contribution in [2.75, 3.05) is 50.6 Å². The van der Waals surface area contributed by atoms with E-state index in [0.29, 0.717) is 12.5 Å². The van der Waals surface area contributed by atoms with Crippen LogP contribution in [0.1, 0.15) is 5.56 Å². The van der Waals surface area contributed by atoms with Gasteiger partial charge >= 0.3 is 0 Å². The van der Waals surface area contributed by atoms with Crippen LogP contribution in [0.25, 0.3) is 22.0 Å². The largest absolute Gasteiger partial charge is 0.497 e. The minimum absolute atomic E-state index is 0.596. The van der Waals surface area contributed by atoms with Crippen LogP contribution in [0.15, 0.2) is 66.9 Å². The number of piperazine rings is 1. The lowest BCUT2D eigenvalue weighted by Crippen LogP contribution is -2.43. The van der Waals surface area contributed by atoms with Gasteiger partial charge in [0.2, 0.25) is 5.95 Å². The standard InChI is InChI=1S/C27H29N5O2/c1-33-22-5-3-4-19(14-22)18-30-27-29-9-8-25(31-27)21-15-20-6-7-23(34-2)17-24(20)26(16-21)32-12-10-28-11-13-32/h3-9,14-17,28H,10-13,18H2,1-2H3,(H,29,30,31). The molecule has 174 valence electrons. The van der Waals surface area contributed by atoms with Crippen molar-refractivity contribution in [3.05, 3.63) is 72.4 Å². The monoisotopic (exact) mass is 455 g/mol. The van der Waals surface area contributed by atoms with E-state index in [4.69, 9.17) is 14.5 Å². The van der Waals surface area contributed by atoms with E-state index >= 15 is 0 Å². The van der Waals surface area contributed by atoms with Crippen LogP contribution in [-0.4, -0.2) is 50.4 Å². The van der Waals surface area contributed by atoms with Gasteiger partial charge in [-0.1, -0.05) is 18.2 Å². The molecule has 2 heterocycles. The highest BCUT2D eigenvalue weighted by atomic mass is 16.5. The van der Waals surface area contributed by atoms with Gasteiger partial charge in [-0.2, -0.15) is 0 Å². The van der Waals surface area contributed by atoms with Crippen molar-refractivity contribution in [1.82, 2.24) is 15.3 Å². The van der Waals surface area contributed by atoms with Crippen molar-refractivity contribution in [3.8, 4) is 22.8 Å². The molecule has 0 bridgehead atoms. The van der Waals surface area contributed by atoms with Gasteiger partial charge in [0.15, 0.2) is 0 Å². The molecule has 0 radical (unpaired) electrons. The molecule has 1 fully saturated rings. The van der Waals surface area contributed by atoms with E-state index in [0.717, 1.165) is 59.9 Å². The Morgan fingerprint density at radius 2 is 1.76 bits per heavy atom. The summed E-state index contributed by atoms with van der Waals surface area (Å²) in [7, 11) is 3.38. The minimum atomic E-state index is 0.596. The highest BCUT2D eigenvalue weighted by Crippen LogP contribution is 2.35. The van der Waals surface area contributed by atoms with Gasteiger partial charge in [0.05, 0.1) is 19.9 Å². The summed E-state index contributed by atoms with van der Waals surface area (Å²) >= 11 is 0. The number of methoxy groups -OCH3 is 2. The summed E-state index contributed by atoms with van der Waals surface area (Å²) < 4.78 is 10.8. The smallest absolute Gasteiger partial charge is 0.223 e. The summed E-state index contributed by atoms with van der Waals surface area (Å²) in [5.41, 5.74) is 4.27. The highest BCUT2D eigenvalue weighted by Gasteiger charge is 2.16. The van der Waals surface area contributed by atoms with E-state index in [1.807, 2.05) is 30.3 Å². The van der Waals surface area contributed by atoms with Gasteiger partial charge in [-0.15, -0.1) is 0 Å². The summed E-state index contributed by atoms with van der Waals surface area (Å²) in [6.07, 6.45) is 1.80. The molecule has 0 unspecified atom stereocenters. The Morgan fingerprint density at radius 3 is 2.59 bits per heavy atom. The number of rotatable bonds is 7. The number of hydrogen-bond acceptors (Lipinski definition) is 7. The Kier molecular flexibility index (Phi) is 6.44. The number of nitrogens with zero attached hydrogens (tertiary/aromatic N) is 3. The lowest BCUT2D eigenvalue weighted by molar-refractivity contribution is 0.414. The highest BCUT2D eigenvalue weighted by molar-refractivity contribution is 5.98. The maximum Gasteiger partial charge on any atom is 0.223 e. The maximum absolute atomic E-state index is 5.51. The third-order valence-corrected chi connectivity index (χ3v) is 6.13. The van der Waals surface area contributed by atoms with Crippen LogP contribution in [0.2, 0.25) is 0 Å². The Hall–Kier alpha value is -3.84. The maximum atomic E-state index is 5.51. The van der Waals surface area contributed by atoms with Crippen molar-refractivity contribution in [2.24, 2.45) is 0 Å². The summed E-state index contributed by atoms with van der Waals surface area (Å²) in [6, 6.07) is 20.6. The molecule has 0 saturated carbocycles. The molecule has 3 aromatic carbocycles. The van der Waals surface area contributed by atoms with Crippen molar-refractivity contribution < 1.29 is 9.47 Å². The SMILES string of the molecule is COc1cccc(CNc2nccc(-c3cc(N4CCNCC4)c4cc(OC)ccc4c3)n2)c1. The van der Waals surface area contributed by atoms with Crippen LogP contribution in [-0.2, 0) is 6.54 Å². The molecule has 7 nitrogen and oxygen atoms in total. The van der Waals surface area contributed by atoms with Gasteiger partial charge in [0.25, 0.3) is 0 Å².